The minimum atomic E-state index is -0.300. The molecular formula is C12H13N3OS. The monoisotopic (exact) mass is 247 g/mol. The molecule has 0 saturated carbocycles. The molecule has 0 aliphatic carbocycles. The van der Waals surface area contributed by atoms with Gasteiger partial charge >= 0.3 is 0 Å². The molecule has 0 saturated heterocycles. The maximum atomic E-state index is 10.7. The van der Waals surface area contributed by atoms with Crippen LogP contribution in [0.4, 0.5) is 0 Å². The van der Waals surface area contributed by atoms with Gasteiger partial charge in [-0.15, -0.1) is 11.8 Å². The van der Waals surface area contributed by atoms with Crippen molar-refractivity contribution in [2.45, 2.75) is 4.90 Å². The van der Waals surface area contributed by atoms with Crippen LogP contribution < -0.4 is 5.73 Å². The number of nitrogens with two attached hydrogens (primary N) is 1. The molecule has 5 heteroatoms. The Bertz CT molecular complexity index is 519. The Morgan fingerprint density at radius 2 is 2.06 bits per heavy atom. The molecular weight excluding hydrogens is 234 g/mol. The Morgan fingerprint density at radius 3 is 2.59 bits per heavy atom. The molecule has 2 N–H and O–H groups in total. The number of hydrogen-bond acceptors (Lipinski definition) is 3. The van der Waals surface area contributed by atoms with Crippen molar-refractivity contribution in [1.82, 2.24) is 9.78 Å². The summed E-state index contributed by atoms with van der Waals surface area (Å²) in [6.45, 7) is 0. The van der Waals surface area contributed by atoms with E-state index in [1.165, 1.54) is 11.8 Å². The molecule has 1 aromatic heterocycles. The third-order valence-corrected chi connectivity index (χ3v) is 3.31. The molecule has 1 heterocycles. The number of amides is 1. The van der Waals surface area contributed by atoms with Crippen LogP contribution in [0.1, 0.15) is 0 Å². The summed E-state index contributed by atoms with van der Waals surface area (Å²) in [4.78, 5) is 11.7. The minimum absolute atomic E-state index is 0.300. The summed E-state index contributed by atoms with van der Waals surface area (Å²) in [5.74, 6) is 0.0121. The normalized spacial score (nSPS) is 10.4. The van der Waals surface area contributed by atoms with Crippen LogP contribution in [-0.4, -0.2) is 21.4 Å². The number of rotatable bonds is 4. The molecule has 0 atom stereocenters. The summed E-state index contributed by atoms with van der Waals surface area (Å²) in [6, 6.07) is 7.99. The van der Waals surface area contributed by atoms with Gasteiger partial charge < -0.3 is 5.73 Å². The molecule has 88 valence electrons. The smallest absolute Gasteiger partial charge is 0.227 e. The molecule has 0 spiro atoms. The van der Waals surface area contributed by atoms with Gasteiger partial charge in [0.25, 0.3) is 0 Å². The lowest BCUT2D eigenvalue weighted by molar-refractivity contribution is -0.115. The SMILES string of the molecule is Cn1cc(-c2ccc(SCC(N)=O)cc2)cn1. The number of aryl methyl sites for hydroxylation is 1. The zero-order valence-electron chi connectivity index (χ0n) is 9.46. The quantitative estimate of drug-likeness (QED) is 0.836. The summed E-state index contributed by atoms with van der Waals surface area (Å²) >= 11 is 1.44. The number of aromatic nitrogens is 2. The molecule has 0 radical (unpaired) electrons. The van der Waals surface area contributed by atoms with E-state index in [2.05, 4.69) is 5.10 Å². The minimum Gasteiger partial charge on any atom is -0.369 e. The lowest BCUT2D eigenvalue weighted by Crippen LogP contribution is -2.12. The van der Waals surface area contributed by atoms with E-state index >= 15 is 0 Å². The zero-order valence-corrected chi connectivity index (χ0v) is 10.3. The summed E-state index contributed by atoms with van der Waals surface area (Å²) in [7, 11) is 1.89. The van der Waals surface area contributed by atoms with E-state index in [0.29, 0.717) is 5.75 Å². The molecule has 0 aliphatic heterocycles. The van der Waals surface area contributed by atoms with Crippen molar-refractivity contribution in [2.24, 2.45) is 12.8 Å². The highest BCUT2D eigenvalue weighted by atomic mass is 32.2. The van der Waals surface area contributed by atoms with Crippen LogP contribution in [0.15, 0.2) is 41.6 Å². The molecule has 4 nitrogen and oxygen atoms in total. The van der Waals surface area contributed by atoms with Crippen LogP contribution >= 0.6 is 11.8 Å². The highest BCUT2D eigenvalue weighted by Crippen LogP contribution is 2.23. The van der Waals surface area contributed by atoms with Crippen LogP contribution in [0.2, 0.25) is 0 Å². The Labute approximate surface area is 104 Å². The molecule has 17 heavy (non-hydrogen) atoms. The van der Waals surface area contributed by atoms with E-state index in [-0.39, 0.29) is 5.91 Å². The van der Waals surface area contributed by atoms with Crippen LogP contribution in [0.3, 0.4) is 0 Å². The number of hydrogen-bond donors (Lipinski definition) is 1. The van der Waals surface area contributed by atoms with E-state index in [9.17, 15) is 4.79 Å². The van der Waals surface area contributed by atoms with E-state index in [1.54, 1.807) is 4.68 Å². The zero-order chi connectivity index (χ0) is 12.3. The summed E-state index contributed by atoms with van der Waals surface area (Å²) in [6.07, 6.45) is 3.79. The van der Waals surface area contributed by atoms with Crippen molar-refractivity contribution < 1.29 is 4.79 Å². The van der Waals surface area contributed by atoms with Crippen LogP contribution in [0.25, 0.3) is 11.1 Å². The predicted molar refractivity (Wildman–Crippen MR) is 68.6 cm³/mol. The summed E-state index contributed by atoms with van der Waals surface area (Å²) < 4.78 is 1.77. The Hall–Kier alpha value is -1.75. The molecule has 2 rings (SSSR count). The maximum absolute atomic E-state index is 10.7. The van der Waals surface area contributed by atoms with Crippen molar-refractivity contribution in [2.75, 3.05) is 5.75 Å². The van der Waals surface area contributed by atoms with Gasteiger partial charge in [0, 0.05) is 23.7 Å². The molecule has 0 unspecified atom stereocenters. The van der Waals surface area contributed by atoms with Gasteiger partial charge in [-0.25, -0.2) is 0 Å². The summed E-state index contributed by atoms with van der Waals surface area (Å²) in [5.41, 5.74) is 7.29. The predicted octanol–water partition coefficient (Wildman–Crippen LogP) is 1.66. The maximum Gasteiger partial charge on any atom is 0.227 e. The van der Waals surface area contributed by atoms with Crippen molar-refractivity contribution in [3.63, 3.8) is 0 Å². The number of carbonyl (C=O) groups excluding carboxylic acids is 1. The fourth-order valence-corrected chi connectivity index (χ4v) is 2.11. The first-order valence-corrected chi connectivity index (χ1v) is 6.14. The first-order valence-electron chi connectivity index (χ1n) is 5.15. The average Bonchev–Trinajstić information content (AvgIpc) is 2.74. The van der Waals surface area contributed by atoms with Crippen molar-refractivity contribution in [1.29, 1.82) is 0 Å². The third-order valence-electron chi connectivity index (χ3n) is 2.27. The van der Waals surface area contributed by atoms with Gasteiger partial charge in [-0.1, -0.05) is 12.1 Å². The molecule has 0 aliphatic rings. The van der Waals surface area contributed by atoms with Crippen LogP contribution in [0.5, 0.6) is 0 Å². The lowest BCUT2D eigenvalue weighted by atomic mass is 10.1. The van der Waals surface area contributed by atoms with E-state index in [4.69, 9.17) is 5.73 Å². The highest BCUT2D eigenvalue weighted by Gasteiger charge is 2.01. The largest absolute Gasteiger partial charge is 0.369 e. The first kappa shape index (κ1) is 11.7. The Balaban J connectivity index is 2.10. The second kappa shape index (κ2) is 5.05. The van der Waals surface area contributed by atoms with Crippen LogP contribution in [0, 0.1) is 0 Å². The van der Waals surface area contributed by atoms with Crippen molar-refractivity contribution in [3.8, 4) is 11.1 Å². The number of primary amides is 1. The van der Waals surface area contributed by atoms with Gasteiger partial charge in [0.1, 0.15) is 0 Å². The third kappa shape index (κ3) is 3.10. The molecule has 0 bridgehead atoms. The number of nitrogens with zero attached hydrogens (tertiary/aromatic N) is 2. The van der Waals surface area contributed by atoms with Gasteiger partial charge in [0.2, 0.25) is 5.91 Å². The number of thioether (sulfide) groups is 1. The van der Waals surface area contributed by atoms with Crippen LogP contribution in [-0.2, 0) is 11.8 Å². The van der Waals surface area contributed by atoms with E-state index in [0.717, 1.165) is 16.0 Å². The fraction of sp³-hybridized carbons (Fsp3) is 0.167. The highest BCUT2D eigenvalue weighted by molar-refractivity contribution is 8.00. The number of carbonyl (C=O) groups is 1. The Kier molecular flexibility index (Phi) is 3.49. The second-order valence-electron chi connectivity index (χ2n) is 3.68. The van der Waals surface area contributed by atoms with E-state index < -0.39 is 0 Å². The number of benzene rings is 1. The first-order chi connectivity index (χ1) is 8.15. The molecule has 2 aromatic rings. The van der Waals surface area contributed by atoms with Crippen molar-refractivity contribution in [3.05, 3.63) is 36.7 Å². The molecule has 0 fully saturated rings. The lowest BCUT2D eigenvalue weighted by Gasteiger charge is -2.01. The van der Waals surface area contributed by atoms with Gasteiger partial charge in [0.05, 0.1) is 11.9 Å². The van der Waals surface area contributed by atoms with Gasteiger partial charge in [-0.3, -0.25) is 9.48 Å². The second-order valence-corrected chi connectivity index (χ2v) is 4.73. The van der Waals surface area contributed by atoms with Gasteiger partial charge in [0.15, 0.2) is 0 Å². The summed E-state index contributed by atoms with van der Waals surface area (Å²) in [5, 5.41) is 4.13. The molecule has 1 aromatic carbocycles. The topological polar surface area (TPSA) is 60.9 Å². The average molecular weight is 247 g/mol. The van der Waals surface area contributed by atoms with Gasteiger partial charge in [-0.2, -0.15) is 5.10 Å². The van der Waals surface area contributed by atoms with E-state index in [1.807, 2.05) is 43.7 Å². The fourth-order valence-electron chi connectivity index (χ4n) is 1.47. The standard InChI is InChI=1S/C12H13N3OS/c1-15-7-10(6-14-15)9-2-4-11(5-3-9)17-8-12(13)16/h2-7H,8H2,1H3,(H2,13,16). The van der Waals surface area contributed by atoms with Gasteiger partial charge in [-0.05, 0) is 17.7 Å². The Morgan fingerprint density at radius 1 is 1.35 bits per heavy atom. The van der Waals surface area contributed by atoms with Crippen molar-refractivity contribution >= 4 is 17.7 Å². The molecule has 1 amide bonds.